The molecule has 0 bridgehead atoms. The number of guanidine groups is 1. The Hall–Kier alpha value is -3.26. The molecule has 0 radical (unpaired) electrons. The number of phenolic OH excluding ortho intramolecular Hbond substituents is 1. The molecule has 1 amide bonds. The molecule has 1 aliphatic heterocycles. The number of anilines is 1. The fraction of sp³-hybridized carbons (Fsp3) is 0.391. The first-order chi connectivity index (χ1) is 17.0. The van der Waals surface area contributed by atoms with Crippen molar-refractivity contribution >= 4 is 17.6 Å². The Bertz CT molecular complexity index is 1100. The number of alkyl halides is 3. The molecule has 1 saturated heterocycles. The molecule has 3 rings (SSSR count). The van der Waals surface area contributed by atoms with Crippen molar-refractivity contribution in [1.82, 2.24) is 21.5 Å². The van der Waals surface area contributed by atoms with Crippen molar-refractivity contribution in [3.63, 3.8) is 0 Å². The van der Waals surface area contributed by atoms with Crippen LogP contribution in [0, 0.1) is 18.7 Å². The topological polar surface area (TPSA) is 136 Å². The van der Waals surface area contributed by atoms with Crippen LogP contribution in [0.15, 0.2) is 47.5 Å². The van der Waals surface area contributed by atoms with Crippen LogP contribution in [-0.4, -0.2) is 48.9 Å². The van der Waals surface area contributed by atoms with E-state index in [-0.39, 0.29) is 18.5 Å². The molecule has 0 saturated carbocycles. The number of nitrogens with zero attached hydrogens (tertiary/aromatic N) is 1. The first-order valence-corrected chi connectivity index (χ1v) is 11.2. The third-order valence-electron chi connectivity index (χ3n) is 5.75. The normalized spacial score (nSPS) is 20.1. The van der Waals surface area contributed by atoms with E-state index in [9.17, 15) is 27.5 Å². The molecule has 13 heteroatoms. The van der Waals surface area contributed by atoms with Gasteiger partial charge in [-0.05, 0) is 43.3 Å². The molecule has 1 aliphatic rings. The van der Waals surface area contributed by atoms with E-state index in [1.807, 2.05) is 19.1 Å². The maximum atomic E-state index is 13.8. The van der Waals surface area contributed by atoms with Crippen LogP contribution < -0.4 is 32.5 Å². The maximum absolute atomic E-state index is 13.8. The van der Waals surface area contributed by atoms with Gasteiger partial charge in [0.1, 0.15) is 12.2 Å². The average molecular weight is 512 g/mol. The number of hydrazine groups is 1. The van der Waals surface area contributed by atoms with Crippen molar-refractivity contribution in [3.05, 3.63) is 59.4 Å². The van der Waals surface area contributed by atoms with E-state index in [1.54, 1.807) is 18.2 Å². The Kier molecular flexibility index (Phi) is 8.84. The van der Waals surface area contributed by atoms with Crippen molar-refractivity contribution in [3.8, 4) is 5.75 Å². The number of hydrogen-bond acceptors (Lipinski definition) is 7. The molecule has 196 valence electrons. The molecule has 2 aromatic rings. The summed E-state index contributed by atoms with van der Waals surface area (Å²) >= 11 is 0. The van der Waals surface area contributed by atoms with Crippen molar-refractivity contribution < 1.29 is 27.5 Å². The van der Waals surface area contributed by atoms with Crippen LogP contribution in [0.2, 0.25) is 0 Å². The lowest BCUT2D eigenvalue weighted by Gasteiger charge is -2.25. The smallest absolute Gasteiger partial charge is 0.404 e. The molecule has 0 aromatic heterocycles. The molecule has 4 atom stereocenters. The highest BCUT2D eigenvalue weighted by Crippen LogP contribution is 2.27. The van der Waals surface area contributed by atoms with Crippen LogP contribution in [-0.2, 0) is 4.79 Å². The van der Waals surface area contributed by atoms with Crippen molar-refractivity contribution in [2.75, 3.05) is 18.9 Å². The fourth-order valence-corrected chi connectivity index (χ4v) is 3.71. The molecule has 4 unspecified atom stereocenters. The number of aryl methyl sites for hydroxylation is 1. The van der Waals surface area contributed by atoms with Gasteiger partial charge in [0, 0.05) is 24.7 Å². The summed E-state index contributed by atoms with van der Waals surface area (Å²) in [5.41, 5.74) is 13.2. The fourth-order valence-electron chi connectivity index (χ4n) is 3.71. The minimum atomic E-state index is -4.77. The highest BCUT2D eigenvalue weighted by Gasteiger charge is 2.45. The molecule has 36 heavy (non-hydrogen) atoms. The zero-order chi connectivity index (χ0) is 26.5. The van der Waals surface area contributed by atoms with Crippen LogP contribution >= 0.6 is 0 Å². The number of para-hydroxylation sites is 1. The van der Waals surface area contributed by atoms with Crippen molar-refractivity contribution in [1.29, 1.82) is 0 Å². The van der Waals surface area contributed by atoms with Gasteiger partial charge in [-0.15, -0.1) is 0 Å². The molecule has 0 spiro atoms. The molecule has 2 aromatic carbocycles. The highest BCUT2D eigenvalue weighted by atomic mass is 19.4. The summed E-state index contributed by atoms with van der Waals surface area (Å²) in [5.74, 6) is -3.90. The van der Waals surface area contributed by atoms with Crippen LogP contribution in [0.5, 0.6) is 5.75 Å². The van der Waals surface area contributed by atoms with Crippen molar-refractivity contribution in [2.45, 2.75) is 37.8 Å². The van der Waals surface area contributed by atoms with Gasteiger partial charge in [-0.3, -0.25) is 10.1 Å². The summed E-state index contributed by atoms with van der Waals surface area (Å²) in [7, 11) is 1.42. The Morgan fingerprint density at radius 1 is 1.25 bits per heavy atom. The van der Waals surface area contributed by atoms with E-state index in [2.05, 4.69) is 31.8 Å². The SMILES string of the molecule is CNCC(C(=O)NC(=NC1CC(c2ccc(O)c(F)c2)NN1)Nc1ccccc1C)C(N)C(F)(F)F. The first kappa shape index (κ1) is 27.3. The Morgan fingerprint density at radius 3 is 2.61 bits per heavy atom. The molecule has 1 heterocycles. The second-order valence-electron chi connectivity index (χ2n) is 8.44. The third-order valence-corrected chi connectivity index (χ3v) is 5.75. The minimum Gasteiger partial charge on any atom is -0.505 e. The first-order valence-electron chi connectivity index (χ1n) is 11.2. The summed E-state index contributed by atoms with van der Waals surface area (Å²) in [5, 5.41) is 17.4. The number of rotatable bonds is 7. The minimum absolute atomic E-state index is 0.0818. The lowest BCUT2D eigenvalue weighted by Crippen LogP contribution is -2.54. The summed E-state index contributed by atoms with van der Waals surface area (Å²) in [6.45, 7) is 1.51. The van der Waals surface area contributed by atoms with Crippen LogP contribution in [0.3, 0.4) is 0 Å². The number of aromatic hydroxyl groups is 1. The zero-order valence-corrected chi connectivity index (χ0v) is 19.7. The summed E-state index contributed by atoms with van der Waals surface area (Å²) in [6.07, 6.45) is -5.08. The van der Waals surface area contributed by atoms with E-state index < -0.39 is 41.8 Å². The number of amides is 1. The molecular formula is C23H29F4N7O2. The van der Waals surface area contributed by atoms with Gasteiger partial charge >= 0.3 is 6.18 Å². The number of carbonyl (C=O) groups is 1. The summed E-state index contributed by atoms with van der Waals surface area (Å²) < 4.78 is 53.6. The molecule has 8 N–H and O–H groups in total. The van der Waals surface area contributed by atoms with Crippen LogP contribution in [0.1, 0.15) is 23.6 Å². The Morgan fingerprint density at radius 2 is 1.97 bits per heavy atom. The van der Waals surface area contributed by atoms with Gasteiger partial charge < -0.3 is 21.5 Å². The van der Waals surface area contributed by atoms with Gasteiger partial charge in [0.2, 0.25) is 11.9 Å². The summed E-state index contributed by atoms with van der Waals surface area (Å²) in [6, 6.07) is 8.33. The lowest BCUT2D eigenvalue weighted by molar-refractivity contribution is -0.164. The lowest BCUT2D eigenvalue weighted by atomic mass is 9.99. The number of phenols is 1. The maximum Gasteiger partial charge on any atom is 0.404 e. The van der Waals surface area contributed by atoms with E-state index in [1.165, 1.54) is 19.2 Å². The second-order valence-corrected chi connectivity index (χ2v) is 8.44. The van der Waals surface area contributed by atoms with Crippen LogP contribution in [0.25, 0.3) is 0 Å². The average Bonchev–Trinajstić information content (AvgIpc) is 3.28. The number of carbonyl (C=O) groups excluding carboxylic acids is 1. The third kappa shape index (κ3) is 6.91. The van der Waals surface area contributed by atoms with Gasteiger partial charge in [-0.2, -0.15) is 13.2 Å². The molecule has 1 fully saturated rings. The molecule has 0 aliphatic carbocycles. The number of halogens is 4. The van der Waals surface area contributed by atoms with Crippen molar-refractivity contribution in [2.24, 2.45) is 16.6 Å². The standard InChI is InChI=1S/C23H29F4N7O2/c1-12-5-3-4-6-16(12)30-22(32-21(36)14(11-29-2)20(28)23(25,26)27)31-19-10-17(33-34-19)13-7-8-18(35)15(24)9-13/h3-9,14,17,19-20,29,33-35H,10-11,28H2,1-2H3,(H2,30,31,32,36). The van der Waals surface area contributed by atoms with Gasteiger partial charge in [0.15, 0.2) is 11.6 Å². The number of nitrogens with one attached hydrogen (secondary N) is 5. The predicted molar refractivity (Wildman–Crippen MR) is 127 cm³/mol. The van der Waals surface area contributed by atoms with Gasteiger partial charge in [0.05, 0.1) is 5.92 Å². The van der Waals surface area contributed by atoms with E-state index >= 15 is 0 Å². The Balaban J connectivity index is 1.83. The van der Waals surface area contributed by atoms with Gasteiger partial charge in [-0.1, -0.05) is 24.3 Å². The number of benzene rings is 2. The second kappa shape index (κ2) is 11.6. The van der Waals surface area contributed by atoms with Crippen LogP contribution in [0.4, 0.5) is 23.2 Å². The zero-order valence-electron chi connectivity index (χ0n) is 19.7. The van der Waals surface area contributed by atoms with Gasteiger partial charge in [0.25, 0.3) is 0 Å². The Labute approximate surface area is 205 Å². The number of nitrogens with two attached hydrogens (primary N) is 1. The summed E-state index contributed by atoms with van der Waals surface area (Å²) in [4.78, 5) is 17.3. The predicted octanol–water partition coefficient (Wildman–Crippen LogP) is 2.01. The monoisotopic (exact) mass is 511 g/mol. The van der Waals surface area contributed by atoms with E-state index in [0.717, 1.165) is 5.56 Å². The van der Waals surface area contributed by atoms with E-state index in [0.29, 0.717) is 17.7 Å². The quantitative estimate of drug-likeness (QED) is 0.172. The van der Waals surface area contributed by atoms with Gasteiger partial charge in [-0.25, -0.2) is 20.2 Å². The molecular weight excluding hydrogens is 482 g/mol. The van der Waals surface area contributed by atoms with E-state index in [4.69, 9.17) is 5.73 Å². The largest absolute Gasteiger partial charge is 0.505 e. The highest BCUT2D eigenvalue weighted by molar-refractivity contribution is 6.05. The number of aliphatic imine (C=N–C) groups is 1. The molecule has 9 nitrogen and oxygen atoms in total. The number of hydrogen-bond donors (Lipinski definition) is 7.